The Morgan fingerprint density at radius 3 is 2.58 bits per heavy atom. The van der Waals surface area contributed by atoms with Gasteiger partial charge in [-0.2, -0.15) is 5.10 Å². The molecule has 168 valence electrons. The number of hydrogen-bond acceptors (Lipinski definition) is 6. The van der Waals surface area contributed by atoms with Gasteiger partial charge >= 0.3 is 0 Å². The average molecular weight is 467 g/mol. The molecule has 0 fully saturated rings. The molecule has 0 bridgehead atoms. The number of carbonyl (C=O) groups excluding carboxylic acids is 2. The third-order valence-electron chi connectivity index (χ3n) is 4.40. The molecule has 0 heterocycles. The van der Waals surface area contributed by atoms with E-state index in [1.807, 2.05) is 13.0 Å². The van der Waals surface area contributed by atoms with Gasteiger partial charge in [0, 0.05) is 28.4 Å². The second-order valence-corrected chi connectivity index (χ2v) is 7.28. The first kappa shape index (κ1) is 23.4. The summed E-state index contributed by atoms with van der Waals surface area (Å²) in [4.78, 5) is 34.3. The van der Waals surface area contributed by atoms with Gasteiger partial charge in [0.05, 0.1) is 11.1 Å². The monoisotopic (exact) mass is 466 g/mol. The Balaban J connectivity index is 1.48. The summed E-state index contributed by atoms with van der Waals surface area (Å²) in [6.45, 7) is 1.69. The van der Waals surface area contributed by atoms with Gasteiger partial charge in [-0.25, -0.2) is 5.43 Å². The van der Waals surface area contributed by atoms with Crippen molar-refractivity contribution >= 4 is 41.0 Å². The Labute approximate surface area is 194 Å². The SMILES string of the molecule is Cc1ccc(NC(=O)COc2ccc(/C=N/NC(=O)c3cccc([N+](=O)[O-])c3)cc2)cc1Cl. The highest BCUT2D eigenvalue weighted by Crippen LogP contribution is 2.20. The molecule has 0 aliphatic rings. The topological polar surface area (TPSA) is 123 Å². The van der Waals surface area contributed by atoms with Crippen molar-refractivity contribution in [2.24, 2.45) is 5.10 Å². The van der Waals surface area contributed by atoms with E-state index in [0.717, 1.165) is 5.56 Å². The first-order chi connectivity index (χ1) is 15.8. The summed E-state index contributed by atoms with van der Waals surface area (Å²) in [6, 6.07) is 17.3. The van der Waals surface area contributed by atoms with E-state index in [-0.39, 0.29) is 23.8 Å². The minimum atomic E-state index is -0.578. The Kier molecular flexibility index (Phi) is 7.72. The predicted molar refractivity (Wildman–Crippen MR) is 125 cm³/mol. The molecule has 2 N–H and O–H groups in total. The van der Waals surface area contributed by atoms with Gasteiger partial charge in [-0.15, -0.1) is 0 Å². The summed E-state index contributed by atoms with van der Waals surface area (Å²) in [6.07, 6.45) is 1.41. The molecule has 0 atom stereocenters. The second kappa shape index (κ2) is 10.9. The van der Waals surface area contributed by atoms with E-state index in [1.165, 1.54) is 30.5 Å². The number of rotatable bonds is 8. The van der Waals surface area contributed by atoms with Gasteiger partial charge in [0.15, 0.2) is 6.61 Å². The van der Waals surface area contributed by atoms with E-state index in [1.54, 1.807) is 36.4 Å². The molecule has 3 aromatic carbocycles. The summed E-state index contributed by atoms with van der Waals surface area (Å²) in [5.74, 6) is -0.426. The fourth-order valence-corrected chi connectivity index (χ4v) is 2.84. The lowest BCUT2D eigenvalue weighted by Gasteiger charge is -2.08. The number of anilines is 1. The number of hydrogen-bond donors (Lipinski definition) is 2. The maximum absolute atomic E-state index is 12.1. The first-order valence-electron chi connectivity index (χ1n) is 9.68. The van der Waals surface area contributed by atoms with Gasteiger partial charge in [0.1, 0.15) is 5.75 Å². The molecule has 9 nitrogen and oxygen atoms in total. The summed E-state index contributed by atoms with van der Waals surface area (Å²) < 4.78 is 5.47. The highest BCUT2D eigenvalue weighted by Gasteiger charge is 2.10. The van der Waals surface area contributed by atoms with Crippen molar-refractivity contribution < 1.29 is 19.2 Å². The Hall–Kier alpha value is -4.24. The Morgan fingerprint density at radius 1 is 1.12 bits per heavy atom. The normalized spacial score (nSPS) is 10.6. The van der Waals surface area contributed by atoms with Crippen molar-refractivity contribution in [3.8, 4) is 5.75 Å². The van der Waals surface area contributed by atoms with Crippen molar-refractivity contribution in [2.75, 3.05) is 11.9 Å². The number of carbonyl (C=O) groups is 2. The molecule has 0 aliphatic heterocycles. The quantitative estimate of drug-likeness (QED) is 0.290. The van der Waals surface area contributed by atoms with E-state index < -0.39 is 10.8 Å². The third-order valence-corrected chi connectivity index (χ3v) is 4.81. The van der Waals surface area contributed by atoms with Crippen LogP contribution in [0.4, 0.5) is 11.4 Å². The fourth-order valence-electron chi connectivity index (χ4n) is 2.66. The lowest BCUT2D eigenvalue weighted by atomic mass is 10.2. The van der Waals surface area contributed by atoms with Crippen molar-refractivity contribution in [3.05, 3.63) is 98.6 Å². The highest BCUT2D eigenvalue weighted by atomic mass is 35.5. The highest BCUT2D eigenvalue weighted by molar-refractivity contribution is 6.31. The van der Waals surface area contributed by atoms with E-state index in [0.29, 0.717) is 22.0 Å². The molecule has 0 aromatic heterocycles. The molecule has 3 rings (SSSR count). The Morgan fingerprint density at radius 2 is 1.88 bits per heavy atom. The molecule has 0 saturated carbocycles. The standard InChI is InChI=1S/C23H19ClN4O5/c1-15-5-8-18(12-21(15)24)26-22(29)14-33-20-9-6-16(7-10-20)13-25-27-23(30)17-3-2-4-19(11-17)28(31)32/h2-13H,14H2,1H3,(H,26,29)(H,27,30)/b25-13+. The number of nitrogens with one attached hydrogen (secondary N) is 2. The molecule has 0 unspecified atom stereocenters. The molecule has 0 spiro atoms. The summed E-state index contributed by atoms with van der Waals surface area (Å²) in [5, 5.41) is 17.9. The predicted octanol–water partition coefficient (Wildman–Crippen LogP) is 4.34. The number of nitro benzene ring substituents is 1. The summed E-state index contributed by atoms with van der Waals surface area (Å²) in [7, 11) is 0. The molecular formula is C23H19ClN4O5. The largest absolute Gasteiger partial charge is 0.484 e. The second-order valence-electron chi connectivity index (χ2n) is 6.88. The molecule has 0 saturated heterocycles. The van der Waals surface area contributed by atoms with E-state index in [4.69, 9.17) is 16.3 Å². The third kappa shape index (κ3) is 6.88. The number of halogens is 1. The van der Waals surface area contributed by atoms with Gasteiger partial charge in [-0.05, 0) is 60.5 Å². The van der Waals surface area contributed by atoms with Gasteiger partial charge in [-0.3, -0.25) is 19.7 Å². The lowest BCUT2D eigenvalue weighted by molar-refractivity contribution is -0.384. The number of ether oxygens (including phenoxy) is 1. The van der Waals surface area contributed by atoms with E-state index in [9.17, 15) is 19.7 Å². The Bertz CT molecular complexity index is 1210. The number of non-ortho nitro benzene ring substituents is 1. The molecular weight excluding hydrogens is 448 g/mol. The van der Waals surface area contributed by atoms with Crippen LogP contribution in [0.1, 0.15) is 21.5 Å². The van der Waals surface area contributed by atoms with Crippen LogP contribution in [0.5, 0.6) is 5.75 Å². The molecule has 0 aliphatic carbocycles. The van der Waals surface area contributed by atoms with Crippen LogP contribution in [0.15, 0.2) is 71.8 Å². The van der Waals surface area contributed by atoms with Crippen LogP contribution in [-0.2, 0) is 4.79 Å². The van der Waals surface area contributed by atoms with Gasteiger partial charge < -0.3 is 10.1 Å². The number of aryl methyl sites for hydroxylation is 1. The number of amides is 2. The number of nitrogens with zero attached hydrogens (tertiary/aromatic N) is 2. The first-order valence-corrected chi connectivity index (χ1v) is 10.1. The number of benzene rings is 3. The van der Waals surface area contributed by atoms with Crippen molar-refractivity contribution in [2.45, 2.75) is 6.92 Å². The maximum Gasteiger partial charge on any atom is 0.271 e. The van der Waals surface area contributed by atoms with Crippen LogP contribution in [0.25, 0.3) is 0 Å². The van der Waals surface area contributed by atoms with Gasteiger partial charge in [-0.1, -0.05) is 23.7 Å². The smallest absolute Gasteiger partial charge is 0.271 e. The molecule has 2 amide bonds. The maximum atomic E-state index is 12.1. The average Bonchev–Trinajstić information content (AvgIpc) is 2.81. The zero-order chi connectivity index (χ0) is 23.8. The lowest BCUT2D eigenvalue weighted by Crippen LogP contribution is -2.20. The van der Waals surface area contributed by atoms with Crippen LogP contribution in [0, 0.1) is 17.0 Å². The van der Waals surface area contributed by atoms with Crippen LogP contribution in [-0.4, -0.2) is 29.6 Å². The van der Waals surface area contributed by atoms with Crippen LogP contribution in [0.2, 0.25) is 5.02 Å². The van der Waals surface area contributed by atoms with E-state index in [2.05, 4.69) is 15.8 Å². The number of hydrazone groups is 1. The van der Waals surface area contributed by atoms with E-state index >= 15 is 0 Å². The van der Waals surface area contributed by atoms with Crippen molar-refractivity contribution in [3.63, 3.8) is 0 Å². The molecule has 0 radical (unpaired) electrons. The minimum Gasteiger partial charge on any atom is -0.484 e. The van der Waals surface area contributed by atoms with Crippen LogP contribution in [0.3, 0.4) is 0 Å². The van der Waals surface area contributed by atoms with Gasteiger partial charge in [0.2, 0.25) is 0 Å². The van der Waals surface area contributed by atoms with Crippen molar-refractivity contribution in [1.29, 1.82) is 0 Å². The zero-order valence-corrected chi connectivity index (χ0v) is 18.2. The summed E-state index contributed by atoms with van der Waals surface area (Å²) in [5.41, 5.74) is 4.42. The molecule has 33 heavy (non-hydrogen) atoms. The molecule has 3 aromatic rings. The van der Waals surface area contributed by atoms with Crippen LogP contribution < -0.4 is 15.5 Å². The van der Waals surface area contributed by atoms with Crippen molar-refractivity contribution in [1.82, 2.24) is 5.43 Å². The van der Waals surface area contributed by atoms with Gasteiger partial charge in [0.25, 0.3) is 17.5 Å². The number of nitro groups is 1. The summed E-state index contributed by atoms with van der Waals surface area (Å²) >= 11 is 6.05. The van der Waals surface area contributed by atoms with Crippen LogP contribution >= 0.6 is 11.6 Å². The fraction of sp³-hybridized carbons (Fsp3) is 0.0870. The molecule has 10 heteroatoms. The zero-order valence-electron chi connectivity index (χ0n) is 17.4. The minimum absolute atomic E-state index is 0.122.